The highest BCUT2D eigenvalue weighted by Crippen LogP contribution is 2.37. The molecule has 2 aromatic carbocycles. The van der Waals surface area contributed by atoms with E-state index in [0.717, 1.165) is 17.7 Å². The van der Waals surface area contributed by atoms with Crippen molar-refractivity contribution in [2.75, 3.05) is 11.5 Å². The van der Waals surface area contributed by atoms with Crippen LogP contribution in [0.3, 0.4) is 0 Å². The van der Waals surface area contributed by atoms with Crippen LogP contribution in [-0.2, 0) is 4.79 Å². The number of nitro groups is 1. The molecule has 0 unspecified atom stereocenters. The first kappa shape index (κ1) is 19.1. The van der Waals surface area contributed by atoms with Gasteiger partial charge in [-0.25, -0.2) is 0 Å². The van der Waals surface area contributed by atoms with Crippen molar-refractivity contribution in [2.24, 2.45) is 0 Å². The van der Waals surface area contributed by atoms with Crippen molar-refractivity contribution in [1.29, 1.82) is 0 Å². The summed E-state index contributed by atoms with van der Waals surface area (Å²) in [5.74, 6) is 0.481. The van der Waals surface area contributed by atoms with Gasteiger partial charge in [-0.2, -0.15) is 0 Å². The number of hydrogen-bond donors (Lipinski definition) is 0. The maximum Gasteiger partial charge on any atom is 0.271 e. The maximum absolute atomic E-state index is 12.8. The monoisotopic (exact) mass is 400 g/mol. The summed E-state index contributed by atoms with van der Waals surface area (Å²) in [5.41, 5.74) is 1.14. The molecule has 8 heteroatoms. The molecule has 1 aliphatic rings. The molecular formula is C19H16N2O4S2. The number of nitro benzene ring substituents is 1. The van der Waals surface area contributed by atoms with Crippen LogP contribution in [0.15, 0.2) is 53.4 Å². The summed E-state index contributed by atoms with van der Waals surface area (Å²) in [6.45, 7) is 2.69. The Bertz CT molecular complexity index is 926. The summed E-state index contributed by atoms with van der Waals surface area (Å²) >= 11 is 6.48. The lowest BCUT2D eigenvalue weighted by Gasteiger charge is -2.13. The molecule has 1 amide bonds. The Morgan fingerprint density at radius 1 is 1.26 bits per heavy atom. The molecule has 3 rings (SSSR count). The number of thioether (sulfide) groups is 1. The molecule has 1 heterocycles. The third kappa shape index (κ3) is 4.35. The molecule has 1 saturated heterocycles. The topological polar surface area (TPSA) is 72.7 Å². The van der Waals surface area contributed by atoms with Gasteiger partial charge in [-0.15, -0.1) is 0 Å². The number of ether oxygens (including phenoxy) is 1. The minimum absolute atomic E-state index is 0.0896. The van der Waals surface area contributed by atoms with Crippen LogP contribution in [0.25, 0.3) is 6.08 Å². The summed E-state index contributed by atoms with van der Waals surface area (Å²) in [7, 11) is 0. The summed E-state index contributed by atoms with van der Waals surface area (Å²) in [6.07, 6.45) is 2.68. The van der Waals surface area contributed by atoms with Gasteiger partial charge in [0.15, 0.2) is 4.32 Å². The molecule has 0 aliphatic carbocycles. The number of nitrogens with zero attached hydrogens (tertiary/aromatic N) is 2. The van der Waals surface area contributed by atoms with E-state index in [1.54, 1.807) is 12.1 Å². The van der Waals surface area contributed by atoms with E-state index < -0.39 is 4.92 Å². The average molecular weight is 400 g/mol. The van der Waals surface area contributed by atoms with E-state index in [9.17, 15) is 14.9 Å². The summed E-state index contributed by atoms with van der Waals surface area (Å²) in [6, 6.07) is 13.3. The van der Waals surface area contributed by atoms with Crippen molar-refractivity contribution in [2.45, 2.75) is 13.3 Å². The molecule has 0 atom stereocenters. The van der Waals surface area contributed by atoms with Gasteiger partial charge in [0.05, 0.1) is 22.1 Å². The van der Waals surface area contributed by atoms with Gasteiger partial charge in [0, 0.05) is 12.1 Å². The van der Waals surface area contributed by atoms with Gasteiger partial charge in [0.1, 0.15) is 5.75 Å². The first-order valence-electron chi connectivity index (χ1n) is 8.25. The Kier molecular flexibility index (Phi) is 5.88. The summed E-state index contributed by atoms with van der Waals surface area (Å²) in [5, 5.41) is 11.0. The van der Waals surface area contributed by atoms with Crippen LogP contribution in [0, 0.1) is 10.1 Å². The SMILES string of the molecule is CCCOc1ccc(/C=C2\SC(=S)N(c3cccc([N+](=O)[O-])c3)C2=O)cc1. The molecule has 0 spiro atoms. The van der Waals surface area contributed by atoms with Gasteiger partial charge in [0.2, 0.25) is 0 Å². The predicted octanol–water partition coefficient (Wildman–Crippen LogP) is 4.79. The van der Waals surface area contributed by atoms with Crippen LogP contribution in [0.2, 0.25) is 0 Å². The molecule has 0 saturated carbocycles. The molecule has 0 radical (unpaired) electrons. The average Bonchev–Trinajstić information content (AvgIpc) is 2.94. The first-order valence-corrected chi connectivity index (χ1v) is 9.47. The summed E-state index contributed by atoms with van der Waals surface area (Å²) in [4.78, 5) is 25.0. The van der Waals surface area contributed by atoms with Crippen LogP contribution in [0.4, 0.5) is 11.4 Å². The zero-order valence-corrected chi connectivity index (χ0v) is 16.1. The normalized spacial score (nSPS) is 15.4. The molecule has 2 aromatic rings. The van der Waals surface area contributed by atoms with Crippen molar-refractivity contribution in [3.8, 4) is 5.75 Å². The van der Waals surface area contributed by atoms with E-state index in [4.69, 9.17) is 17.0 Å². The highest BCUT2D eigenvalue weighted by atomic mass is 32.2. The standard InChI is InChI=1S/C19H16N2O4S2/c1-2-10-25-16-8-6-13(7-9-16)11-17-18(22)20(19(26)27-17)14-4-3-5-15(12-14)21(23)24/h3-9,11-12H,2,10H2,1H3/b17-11-. The first-order chi connectivity index (χ1) is 13.0. The van der Waals surface area contributed by atoms with Gasteiger partial charge in [0.25, 0.3) is 11.6 Å². The van der Waals surface area contributed by atoms with Crippen LogP contribution >= 0.6 is 24.0 Å². The Labute approximate surface area is 166 Å². The Hall–Kier alpha value is -2.71. The Morgan fingerprint density at radius 3 is 2.67 bits per heavy atom. The molecule has 0 bridgehead atoms. The van der Waals surface area contributed by atoms with Gasteiger partial charge in [-0.3, -0.25) is 19.8 Å². The van der Waals surface area contributed by atoms with Gasteiger partial charge in [-0.05, 0) is 36.3 Å². The molecular weight excluding hydrogens is 384 g/mol. The Balaban J connectivity index is 1.82. The largest absolute Gasteiger partial charge is 0.494 e. The molecule has 0 N–H and O–H groups in total. The van der Waals surface area contributed by atoms with Crippen molar-refractivity contribution < 1.29 is 14.5 Å². The fourth-order valence-electron chi connectivity index (χ4n) is 2.47. The Morgan fingerprint density at radius 2 is 2.00 bits per heavy atom. The fraction of sp³-hybridized carbons (Fsp3) is 0.158. The van der Waals surface area contributed by atoms with Gasteiger partial charge < -0.3 is 4.74 Å². The number of carbonyl (C=O) groups excluding carboxylic acids is 1. The number of carbonyl (C=O) groups is 1. The molecule has 6 nitrogen and oxygen atoms in total. The number of amides is 1. The number of thiocarbonyl (C=S) groups is 1. The van der Waals surface area contributed by atoms with E-state index in [1.165, 1.54) is 34.9 Å². The smallest absolute Gasteiger partial charge is 0.271 e. The minimum Gasteiger partial charge on any atom is -0.494 e. The van der Waals surface area contributed by atoms with Crippen LogP contribution in [0.1, 0.15) is 18.9 Å². The van der Waals surface area contributed by atoms with Crippen molar-refractivity contribution in [1.82, 2.24) is 0 Å². The second-order valence-corrected chi connectivity index (χ2v) is 7.39. The zero-order valence-electron chi connectivity index (χ0n) is 14.5. The lowest BCUT2D eigenvalue weighted by molar-refractivity contribution is -0.384. The maximum atomic E-state index is 12.8. The van der Waals surface area contributed by atoms with Gasteiger partial charge >= 0.3 is 0 Å². The third-order valence-electron chi connectivity index (χ3n) is 3.74. The van der Waals surface area contributed by atoms with Crippen molar-refractivity contribution >= 4 is 51.7 Å². The number of benzene rings is 2. The molecule has 1 aliphatic heterocycles. The van der Waals surface area contributed by atoms with E-state index in [-0.39, 0.29) is 11.6 Å². The van der Waals surface area contributed by atoms with Crippen LogP contribution < -0.4 is 9.64 Å². The molecule has 138 valence electrons. The lowest BCUT2D eigenvalue weighted by Crippen LogP contribution is -2.27. The second-order valence-electron chi connectivity index (χ2n) is 5.71. The zero-order chi connectivity index (χ0) is 19.4. The molecule has 27 heavy (non-hydrogen) atoms. The second kappa shape index (κ2) is 8.32. The van der Waals surface area contributed by atoms with Crippen LogP contribution in [-0.4, -0.2) is 21.8 Å². The fourth-order valence-corrected chi connectivity index (χ4v) is 3.77. The van der Waals surface area contributed by atoms with Crippen LogP contribution in [0.5, 0.6) is 5.75 Å². The predicted molar refractivity (Wildman–Crippen MR) is 111 cm³/mol. The number of rotatable bonds is 6. The van der Waals surface area contributed by atoms with E-state index >= 15 is 0 Å². The minimum atomic E-state index is -0.501. The highest BCUT2D eigenvalue weighted by Gasteiger charge is 2.33. The number of non-ortho nitro benzene ring substituents is 1. The molecule has 1 fully saturated rings. The van der Waals surface area contributed by atoms with E-state index in [0.29, 0.717) is 21.5 Å². The summed E-state index contributed by atoms with van der Waals surface area (Å²) < 4.78 is 5.89. The lowest BCUT2D eigenvalue weighted by atomic mass is 10.2. The van der Waals surface area contributed by atoms with Crippen molar-refractivity contribution in [3.05, 3.63) is 69.1 Å². The van der Waals surface area contributed by atoms with Crippen molar-refractivity contribution in [3.63, 3.8) is 0 Å². The van der Waals surface area contributed by atoms with Gasteiger partial charge in [-0.1, -0.05) is 49.1 Å². The van der Waals surface area contributed by atoms with E-state index in [1.807, 2.05) is 31.2 Å². The highest BCUT2D eigenvalue weighted by molar-refractivity contribution is 8.27. The van der Waals surface area contributed by atoms with E-state index in [2.05, 4.69) is 0 Å². The quantitative estimate of drug-likeness (QED) is 0.300. The molecule has 0 aromatic heterocycles. The number of hydrogen-bond acceptors (Lipinski definition) is 6. The number of anilines is 1. The third-order valence-corrected chi connectivity index (χ3v) is 5.05.